The molecule has 1 aliphatic carbocycles. The minimum Gasteiger partial charge on any atom is -0.376 e. The van der Waals surface area contributed by atoms with Gasteiger partial charge in [-0.15, -0.1) is 0 Å². The van der Waals surface area contributed by atoms with E-state index in [1.165, 1.54) is 6.08 Å². The van der Waals surface area contributed by atoms with Gasteiger partial charge < -0.3 is 4.90 Å². The third-order valence-electron chi connectivity index (χ3n) is 2.60. The Bertz CT molecular complexity index is 516. The first-order chi connectivity index (χ1) is 7.52. The van der Waals surface area contributed by atoms with Gasteiger partial charge in [0.15, 0.2) is 0 Å². The van der Waals surface area contributed by atoms with Crippen LogP contribution in [0.3, 0.4) is 0 Å². The number of hydrogen-bond acceptors (Lipinski definition) is 4. The van der Waals surface area contributed by atoms with E-state index in [4.69, 9.17) is 0 Å². The molecule has 0 saturated carbocycles. The number of ketones is 2. The van der Waals surface area contributed by atoms with E-state index in [0.717, 1.165) is 5.56 Å². The predicted octanol–water partition coefficient (Wildman–Crippen LogP) is 1.06. The molecule has 4 nitrogen and oxygen atoms in total. The predicted molar refractivity (Wildman–Crippen MR) is 60.0 cm³/mol. The lowest BCUT2D eigenvalue weighted by molar-refractivity contribution is -0.111. The Kier molecular flexibility index (Phi) is 2.34. The van der Waals surface area contributed by atoms with E-state index in [1.54, 1.807) is 17.2 Å². The molecule has 0 aliphatic heterocycles. The van der Waals surface area contributed by atoms with Gasteiger partial charge in [-0.1, -0.05) is 0 Å². The highest BCUT2D eigenvalue weighted by atomic mass is 16.2. The third kappa shape index (κ3) is 1.43. The summed E-state index contributed by atoms with van der Waals surface area (Å²) in [5, 5.41) is 0. The first-order valence-corrected chi connectivity index (χ1v) is 4.96. The lowest BCUT2D eigenvalue weighted by Crippen LogP contribution is -2.25. The summed E-state index contributed by atoms with van der Waals surface area (Å²) >= 11 is 0. The molecule has 82 valence electrons. The van der Waals surface area contributed by atoms with Crippen molar-refractivity contribution < 1.29 is 9.59 Å². The summed E-state index contributed by atoms with van der Waals surface area (Å²) in [6.45, 7) is 1.81. The van der Waals surface area contributed by atoms with Crippen LogP contribution < -0.4 is 0 Å². The summed E-state index contributed by atoms with van der Waals surface area (Å²) in [6.07, 6.45) is 2.99. The standard InChI is InChI=1S/C12H12N2O2/c1-7-4-5-13-11-8(14(2)3)6-9(15)12(16)10(7)11/h4-6H,1-3H3. The molecule has 0 radical (unpaired) electrons. The summed E-state index contributed by atoms with van der Waals surface area (Å²) in [5.74, 6) is -0.946. The second kappa shape index (κ2) is 3.56. The molecular weight excluding hydrogens is 204 g/mol. The van der Waals surface area contributed by atoms with Gasteiger partial charge in [-0.3, -0.25) is 14.6 Å². The van der Waals surface area contributed by atoms with Gasteiger partial charge in [-0.05, 0) is 18.6 Å². The van der Waals surface area contributed by atoms with Gasteiger partial charge in [0.2, 0.25) is 11.6 Å². The van der Waals surface area contributed by atoms with Crippen molar-refractivity contribution in [3.8, 4) is 0 Å². The monoisotopic (exact) mass is 216 g/mol. The van der Waals surface area contributed by atoms with Crippen molar-refractivity contribution in [1.82, 2.24) is 9.88 Å². The van der Waals surface area contributed by atoms with Crippen molar-refractivity contribution in [2.75, 3.05) is 14.1 Å². The van der Waals surface area contributed by atoms with Crippen molar-refractivity contribution in [2.24, 2.45) is 0 Å². The van der Waals surface area contributed by atoms with Crippen molar-refractivity contribution in [1.29, 1.82) is 0 Å². The molecular formula is C12H12N2O2. The molecule has 0 fully saturated rings. The number of nitrogens with zero attached hydrogens (tertiary/aromatic N) is 2. The number of pyridine rings is 1. The zero-order chi connectivity index (χ0) is 11.9. The third-order valence-corrected chi connectivity index (χ3v) is 2.60. The summed E-state index contributed by atoms with van der Waals surface area (Å²) < 4.78 is 0. The second-order valence-corrected chi connectivity index (χ2v) is 3.97. The fourth-order valence-electron chi connectivity index (χ4n) is 1.76. The van der Waals surface area contributed by atoms with E-state index in [9.17, 15) is 9.59 Å². The first-order valence-electron chi connectivity index (χ1n) is 4.96. The number of fused-ring (bicyclic) bond motifs is 1. The fourth-order valence-corrected chi connectivity index (χ4v) is 1.76. The molecule has 1 heterocycles. The lowest BCUT2D eigenvalue weighted by atomic mass is 9.93. The Balaban J connectivity index is 2.73. The zero-order valence-corrected chi connectivity index (χ0v) is 9.44. The van der Waals surface area contributed by atoms with Crippen molar-refractivity contribution in [3.63, 3.8) is 0 Å². The highest BCUT2D eigenvalue weighted by Gasteiger charge is 2.29. The topological polar surface area (TPSA) is 50.3 Å². The molecule has 0 N–H and O–H groups in total. The molecule has 4 heteroatoms. The molecule has 0 amide bonds. The number of aryl methyl sites for hydroxylation is 1. The van der Waals surface area contributed by atoms with Crippen molar-refractivity contribution in [3.05, 3.63) is 35.2 Å². The second-order valence-electron chi connectivity index (χ2n) is 3.97. The molecule has 1 aliphatic rings. The molecule has 0 spiro atoms. The van der Waals surface area contributed by atoms with Crippen LogP contribution in [0.1, 0.15) is 21.6 Å². The maximum absolute atomic E-state index is 11.8. The van der Waals surface area contributed by atoms with Crippen LogP contribution in [0.25, 0.3) is 5.70 Å². The highest BCUT2D eigenvalue weighted by Crippen LogP contribution is 2.26. The lowest BCUT2D eigenvalue weighted by Gasteiger charge is -2.22. The number of carbonyl (C=O) groups is 2. The Hall–Kier alpha value is -1.97. The maximum Gasteiger partial charge on any atom is 0.235 e. The van der Waals surface area contributed by atoms with Gasteiger partial charge in [-0.25, -0.2) is 0 Å². The fraction of sp³-hybridized carbons (Fsp3) is 0.250. The number of carbonyl (C=O) groups excluding carboxylic acids is 2. The zero-order valence-electron chi connectivity index (χ0n) is 9.44. The van der Waals surface area contributed by atoms with Gasteiger partial charge >= 0.3 is 0 Å². The number of aromatic nitrogens is 1. The van der Waals surface area contributed by atoms with Crippen LogP contribution in [-0.4, -0.2) is 35.5 Å². The van der Waals surface area contributed by atoms with Gasteiger partial charge in [0.25, 0.3) is 0 Å². The van der Waals surface area contributed by atoms with E-state index in [2.05, 4.69) is 4.98 Å². The van der Waals surface area contributed by atoms with E-state index < -0.39 is 11.6 Å². The molecule has 0 bridgehead atoms. The van der Waals surface area contributed by atoms with E-state index in [0.29, 0.717) is 17.0 Å². The highest BCUT2D eigenvalue weighted by molar-refractivity contribution is 6.50. The first kappa shape index (κ1) is 10.5. The number of hydrogen-bond donors (Lipinski definition) is 0. The molecule has 2 rings (SSSR count). The molecule has 1 aromatic rings. The Labute approximate surface area is 93.6 Å². The largest absolute Gasteiger partial charge is 0.376 e. The van der Waals surface area contributed by atoms with Crippen LogP contribution in [0.4, 0.5) is 0 Å². The van der Waals surface area contributed by atoms with E-state index >= 15 is 0 Å². The molecule has 1 aromatic heterocycles. The van der Waals surface area contributed by atoms with Crippen LogP contribution >= 0.6 is 0 Å². The van der Waals surface area contributed by atoms with Crippen molar-refractivity contribution >= 4 is 17.3 Å². The summed E-state index contributed by atoms with van der Waals surface area (Å²) in [7, 11) is 3.64. The van der Waals surface area contributed by atoms with Crippen LogP contribution in [0.15, 0.2) is 18.3 Å². The minimum absolute atomic E-state index is 0.429. The van der Waals surface area contributed by atoms with Gasteiger partial charge in [0, 0.05) is 26.4 Å². The molecule has 0 saturated heterocycles. The number of allylic oxidation sites excluding steroid dienone is 1. The van der Waals surface area contributed by atoms with Crippen molar-refractivity contribution in [2.45, 2.75) is 6.92 Å². The molecule has 0 aromatic carbocycles. The quantitative estimate of drug-likeness (QED) is 0.658. The average Bonchev–Trinajstić information content (AvgIpc) is 2.22. The van der Waals surface area contributed by atoms with Crippen LogP contribution in [0, 0.1) is 6.92 Å². The van der Waals surface area contributed by atoms with Gasteiger partial charge in [-0.2, -0.15) is 0 Å². The van der Waals surface area contributed by atoms with Crippen LogP contribution in [0.2, 0.25) is 0 Å². The van der Waals surface area contributed by atoms with E-state index in [1.807, 2.05) is 21.0 Å². The number of rotatable bonds is 1. The van der Waals surface area contributed by atoms with Crippen LogP contribution in [0.5, 0.6) is 0 Å². The van der Waals surface area contributed by atoms with Gasteiger partial charge in [0.05, 0.1) is 17.0 Å². The average molecular weight is 216 g/mol. The Morgan fingerprint density at radius 2 is 1.94 bits per heavy atom. The SMILES string of the molecule is Cc1ccnc2c1C(=O)C(=O)C=C2N(C)C. The van der Waals surface area contributed by atoms with Gasteiger partial charge in [0.1, 0.15) is 0 Å². The number of Topliss-reactive ketones (excluding diaryl/α,β-unsaturated/α-hetero) is 1. The normalized spacial score (nSPS) is 14.6. The Morgan fingerprint density at radius 3 is 2.56 bits per heavy atom. The van der Waals surface area contributed by atoms with E-state index in [-0.39, 0.29) is 0 Å². The smallest absolute Gasteiger partial charge is 0.235 e. The summed E-state index contributed by atoms with van der Waals surface area (Å²) in [5.41, 5.74) is 2.49. The molecule has 16 heavy (non-hydrogen) atoms. The minimum atomic E-state index is -0.479. The maximum atomic E-state index is 11.8. The van der Waals surface area contributed by atoms with Crippen LogP contribution in [-0.2, 0) is 4.79 Å². The molecule has 0 atom stereocenters. The Morgan fingerprint density at radius 1 is 1.25 bits per heavy atom. The molecule has 0 unspecified atom stereocenters. The summed E-state index contributed by atoms with van der Waals surface area (Å²) in [4.78, 5) is 29.3. The summed E-state index contributed by atoms with van der Waals surface area (Å²) in [6, 6.07) is 1.74.